The summed E-state index contributed by atoms with van der Waals surface area (Å²) >= 11 is 12.1. The monoisotopic (exact) mass is 450 g/mol. The Morgan fingerprint density at radius 3 is 2.33 bits per heavy atom. The molecule has 5 nitrogen and oxygen atoms in total. The van der Waals surface area contributed by atoms with Crippen LogP contribution in [-0.4, -0.2) is 35.9 Å². The lowest BCUT2D eigenvalue weighted by Crippen LogP contribution is -2.49. The molecule has 2 amide bonds. The highest BCUT2D eigenvalue weighted by Gasteiger charge is 2.26. The smallest absolute Gasteiger partial charge is 0.261 e. The molecule has 0 aromatic heterocycles. The van der Waals surface area contributed by atoms with Crippen molar-refractivity contribution in [3.8, 4) is 5.75 Å². The molecule has 30 heavy (non-hydrogen) atoms. The van der Waals surface area contributed by atoms with Crippen LogP contribution in [0.2, 0.25) is 10.0 Å². The number of para-hydroxylation sites is 1. The maximum absolute atomic E-state index is 13.0. The van der Waals surface area contributed by atoms with Crippen molar-refractivity contribution in [2.75, 3.05) is 13.2 Å². The summed E-state index contributed by atoms with van der Waals surface area (Å²) in [5, 5.41) is 3.95. The van der Waals surface area contributed by atoms with E-state index in [4.69, 9.17) is 27.9 Å². The molecule has 2 aromatic rings. The third kappa shape index (κ3) is 7.54. The molecule has 0 unspecified atom stereocenters. The minimum atomic E-state index is -0.657. The van der Waals surface area contributed by atoms with Crippen LogP contribution in [0.4, 0.5) is 0 Å². The summed E-state index contributed by atoms with van der Waals surface area (Å²) in [5.41, 5.74) is 0.868. The highest BCUT2D eigenvalue weighted by molar-refractivity contribution is 6.32. The van der Waals surface area contributed by atoms with Gasteiger partial charge in [-0.2, -0.15) is 0 Å². The van der Waals surface area contributed by atoms with Gasteiger partial charge in [-0.15, -0.1) is 0 Å². The molecule has 0 heterocycles. The van der Waals surface area contributed by atoms with Crippen molar-refractivity contribution in [1.29, 1.82) is 0 Å². The molecule has 2 aromatic carbocycles. The second-order valence-electron chi connectivity index (χ2n) is 7.52. The van der Waals surface area contributed by atoms with Gasteiger partial charge < -0.3 is 15.0 Å². The maximum atomic E-state index is 13.0. The van der Waals surface area contributed by atoms with Crippen molar-refractivity contribution in [1.82, 2.24) is 10.2 Å². The number of carbonyl (C=O) groups is 2. The normalized spacial score (nSPS) is 11.8. The third-order valence-electron chi connectivity index (χ3n) is 4.64. The van der Waals surface area contributed by atoms with Gasteiger partial charge in [-0.05, 0) is 49.1 Å². The van der Waals surface area contributed by atoms with Crippen molar-refractivity contribution in [3.05, 3.63) is 64.1 Å². The second kappa shape index (κ2) is 11.8. The Balaban J connectivity index is 2.10. The lowest BCUT2D eigenvalue weighted by atomic mass is 10.1. The van der Waals surface area contributed by atoms with E-state index in [0.29, 0.717) is 28.3 Å². The lowest BCUT2D eigenvalue weighted by Gasteiger charge is -2.29. The van der Waals surface area contributed by atoms with Crippen LogP contribution in [0.1, 0.15) is 32.8 Å². The standard InChI is InChI=1S/C23H28Cl2N2O3/c1-16(2)12-13-26-23(29)17(3)27(14-18-8-10-19(24)11-9-18)22(28)15-30-21-7-5-4-6-20(21)25/h4-11,16-17H,12-15H2,1-3H3,(H,26,29)/t17-/m0/s1. The molecule has 162 valence electrons. The van der Waals surface area contributed by atoms with Crippen LogP contribution in [0, 0.1) is 5.92 Å². The quantitative estimate of drug-likeness (QED) is 0.556. The lowest BCUT2D eigenvalue weighted by molar-refractivity contribution is -0.142. The van der Waals surface area contributed by atoms with Crippen molar-refractivity contribution in [2.24, 2.45) is 5.92 Å². The van der Waals surface area contributed by atoms with Crippen LogP contribution >= 0.6 is 23.2 Å². The Morgan fingerprint density at radius 1 is 1.03 bits per heavy atom. The van der Waals surface area contributed by atoms with Gasteiger partial charge in [0, 0.05) is 18.1 Å². The molecule has 7 heteroatoms. The first-order valence-electron chi connectivity index (χ1n) is 9.97. The molecule has 0 fully saturated rings. The minimum absolute atomic E-state index is 0.198. The van der Waals surface area contributed by atoms with Gasteiger partial charge in [0.1, 0.15) is 11.8 Å². The van der Waals surface area contributed by atoms with E-state index >= 15 is 0 Å². The number of nitrogens with one attached hydrogen (secondary N) is 1. The number of rotatable bonds is 10. The predicted octanol–water partition coefficient (Wildman–Crippen LogP) is 4.95. The molecule has 1 atom stereocenters. The number of nitrogens with zero attached hydrogens (tertiary/aromatic N) is 1. The molecule has 0 saturated heterocycles. The summed E-state index contributed by atoms with van der Waals surface area (Å²) in [6, 6.07) is 13.5. The van der Waals surface area contributed by atoms with Crippen LogP contribution < -0.4 is 10.1 Å². The van der Waals surface area contributed by atoms with Gasteiger partial charge in [0.2, 0.25) is 5.91 Å². The summed E-state index contributed by atoms with van der Waals surface area (Å²) in [7, 11) is 0. The Hall–Kier alpha value is -2.24. The number of carbonyl (C=O) groups excluding carboxylic acids is 2. The maximum Gasteiger partial charge on any atom is 0.261 e. The van der Waals surface area contributed by atoms with E-state index in [-0.39, 0.29) is 25.0 Å². The average Bonchev–Trinajstić information content (AvgIpc) is 2.71. The first kappa shape index (κ1) is 24.0. The Labute approximate surface area is 188 Å². The van der Waals surface area contributed by atoms with E-state index in [0.717, 1.165) is 12.0 Å². The van der Waals surface area contributed by atoms with E-state index in [2.05, 4.69) is 19.2 Å². The van der Waals surface area contributed by atoms with E-state index < -0.39 is 6.04 Å². The molecule has 1 N–H and O–H groups in total. The Bertz CT molecular complexity index is 841. The van der Waals surface area contributed by atoms with Crippen molar-refractivity contribution >= 4 is 35.0 Å². The number of ether oxygens (including phenoxy) is 1. The van der Waals surface area contributed by atoms with Crippen LogP contribution in [0.5, 0.6) is 5.75 Å². The zero-order valence-corrected chi connectivity index (χ0v) is 19.0. The Morgan fingerprint density at radius 2 is 1.70 bits per heavy atom. The SMILES string of the molecule is CC(C)CCNC(=O)[C@H](C)N(Cc1ccc(Cl)cc1)C(=O)COc1ccccc1Cl. The molecule has 0 radical (unpaired) electrons. The molecule has 0 aliphatic heterocycles. The van der Waals surface area contributed by atoms with Crippen LogP contribution in [-0.2, 0) is 16.1 Å². The van der Waals surface area contributed by atoms with Gasteiger partial charge in [0.05, 0.1) is 5.02 Å². The van der Waals surface area contributed by atoms with Gasteiger partial charge in [-0.1, -0.05) is 61.3 Å². The summed E-state index contributed by atoms with van der Waals surface area (Å²) in [5.74, 6) is 0.400. The summed E-state index contributed by atoms with van der Waals surface area (Å²) < 4.78 is 5.60. The van der Waals surface area contributed by atoms with Gasteiger partial charge in [-0.25, -0.2) is 0 Å². The highest BCUT2D eigenvalue weighted by Crippen LogP contribution is 2.23. The van der Waals surface area contributed by atoms with Gasteiger partial charge in [0.15, 0.2) is 6.61 Å². The van der Waals surface area contributed by atoms with E-state index in [1.165, 1.54) is 4.90 Å². The topological polar surface area (TPSA) is 58.6 Å². The fourth-order valence-electron chi connectivity index (χ4n) is 2.79. The molecule has 0 bridgehead atoms. The van der Waals surface area contributed by atoms with Crippen LogP contribution in [0.15, 0.2) is 48.5 Å². The van der Waals surface area contributed by atoms with Crippen molar-refractivity contribution < 1.29 is 14.3 Å². The Kier molecular flexibility index (Phi) is 9.47. The fraction of sp³-hybridized carbons (Fsp3) is 0.391. The fourth-order valence-corrected chi connectivity index (χ4v) is 3.10. The minimum Gasteiger partial charge on any atom is -0.482 e. The van der Waals surface area contributed by atoms with Gasteiger partial charge in [-0.3, -0.25) is 9.59 Å². The second-order valence-corrected chi connectivity index (χ2v) is 8.36. The summed E-state index contributed by atoms with van der Waals surface area (Å²) in [6.07, 6.45) is 0.874. The summed E-state index contributed by atoms with van der Waals surface area (Å²) in [4.78, 5) is 27.1. The highest BCUT2D eigenvalue weighted by atomic mass is 35.5. The predicted molar refractivity (Wildman–Crippen MR) is 121 cm³/mol. The van der Waals surface area contributed by atoms with E-state index in [1.54, 1.807) is 43.3 Å². The summed E-state index contributed by atoms with van der Waals surface area (Å²) in [6.45, 7) is 6.52. The number of hydrogen-bond donors (Lipinski definition) is 1. The molecule has 0 aliphatic rings. The molecule has 0 spiro atoms. The largest absolute Gasteiger partial charge is 0.482 e. The number of hydrogen-bond acceptors (Lipinski definition) is 3. The van der Waals surface area contributed by atoms with Crippen LogP contribution in [0.25, 0.3) is 0 Å². The first-order chi connectivity index (χ1) is 14.3. The third-order valence-corrected chi connectivity index (χ3v) is 5.21. The first-order valence-corrected chi connectivity index (χ1v) is 10.7. The average molecular weight is 451 g/mol. The zero-order valence-electron chi connectivity index (χ0n) is 17.5. The van der Waals surface area contributed by atoms with E-state index in [1.807, 2.05) is 12.1 Å². The van der Waals surface area contributed by atoms with Crippen molar-refractivity contribution in [2.45, 2.75) is 39.8 Å². The number of benzene rings is 2. The van der Waals surface area contributed by atoms with Crippen molar-refractivity contribution in [3.63, 3.8) is 0 Å². The van der Waals surface area contributed by atoms with Gasteiger partial charge in [0.25, 0.3) is 5.91 Å². The molecular formula is C23H28Cl2N2O3. The van der Waals surface area contributed by atoms with Crippen LogP contribution in [0.3, 0.4) is 0 Å². The molecule has 0 aliphatic carbocycles. The number of amides is 2. The molecular weight excluding hydrogens is 423 g/mol. The zero-order chi connectivity index (χ0) is 22.1. The number of halogens is 2. The molecule has 2 rings (SSSR count). The molecule has 0 saturated carbocycles. The van der Waals surface area contributed by atoms with Gasteiger partial charge >= 0.3 is 0 Å². The van der Waals surface area contributed by atoms with E-state index in [9.17, 15) is 9.59 Å².